The highest BCUT2D eigenvalue weighted by Gasteiger charge is 2.47. The first-order chi connectivity index (χ1) is 15.9. The van der Waals surface area contributed by atoms with E-state index in [2.05, 4.69) is 4.98 Å². The number of nitrogens with two attached hydrogens (primary N) is 1. The van der Waals surface area contributed by atoms with Crippen molar-refractivity contribution in [2.45, 2.75) is 12.5 Å². The predicted molar refractivity (Wildman–Crippen MR) is 120 cm³/mol. The predicted octanol–water partition coefficient (Wildman–Crippen LogP) is 3.75. The molecule has 3 aromatic rings. The van der Waals surface area contributed by atoms with Gasteiger partial charge in [0.05, 0.1) is 18.2 Å². The highest BCUT2D eigenvalue weighted by Crippen LogP contribution is 2.51. The lowest BCUT2D eigenvalue weighted by atomic mass is 9.89. The molecule has 0 radical (unpaired) electrons. The van der Waals surface area contributed by atoms with Crippen LogP contribution in [0.3, 0.4) is 0 Å². The number of aromatic nitrogens is 1. The Hall–Kier alpha value is -4.16. The number of allylic oxidation sites excluding steroid dienone is 2. The Morgan fingerprint density at radius 2 is 1.88 bits per heavy atom. The normalized spacial score (nSPS) is 18.8. The van der Waals surface area contributed by atoms with Gasteiger partial charge in [0.1, 0.15) is 22.4 Å². The molecule has 33 heavy (non-hydrogen) atoms. The molecule has 9 heteroatoms. The third kappa shape index (κ3) is 3.32. The molecule has 0 saturated heterocycles. The van der Waals surface area contributed by atoms with E-state index in [-0.39, 0.29) is 28.7 Å². The smallest absolute Gasteiger partial charge is 0.265 e. The Morgan fingerprint density at radius 3 is 2.58 bits per heavy atom. The van der Waals surface area contributed by atoms with Crippen molar-refractivity contribution in [1.82, 2.24) is 4.98 Å². The van der Waals surface area contributed by atoms with E-state index in [1.807, 2.05) is 6.07 Å². The number of benzene rings is 2. The van der Waals surface area contributed by atoms with E-state index in [9.17, 15) is 18.1 Å². The number of hydrogen-bond acceptors (Lipinski definition) is 6. The Bertz CT molecular complexity index is 1460. The van der Waals surface area contributed by atoms with Crippen LogP contribution in [0.15, 0.2) is 89.4 Å². The fourth-order valence-electron chi connectivity index (χ4n) is 4.11. The second-order valence-corrected chi connectivity index (χ2v) is 9.39. The first kappa shape index (κ1) is 20.7. The van der Waals surface area contributed by atoms with E-state index in [0.717, 1.165) is 0 Å². The lowest BCUT2D eigenvalue weighted by Gasteiger charge is -2.38. The van der Waals surface area contributed by atoms with Crippen molar-refractivity contribution < 1.29 is 17.5 Å². The average Bonchev–Trinajstić information content (AvgIpc) is 2.82. The lowest BCUT2D eigenvalue weighted by Crippen LogP contribution is -2.39. The molecule has 0 unspecified atom stereocenters. The molecule has 1 aromatic heterocycles. The van der Waals surface area contributed by atoms with E-state index in [1.54, 1.807) is 42.6 Å². The maximum atomic E-state index is 14.1. The number of fused-ring (bicyclic) bond motifs is 2. The number of anilines is 1. The molecule has 2 aromatic carbocycles. The van der Waals surface area contributed by atoms with Crippen molar-refractivity contribution in [2.24, 2.45) is 5.73 Å². The monoisotopic (exact) mass is 460 g/mol. The van der Waals surface area contributed by atoms with Gasteiger partial charge in [0, 0.05) is 18.0 Å². The van der Waals surface area contributed by atoms with Gasteiger partial charge in [0.15, 0.2) is 5.76 Å². The van der Waals surface area contributed by atoms with Crippen LogP contribution < -0.4 is 10.0 Å². The summed E-state index contributed by atoms with van der Waals surface area (Å²) in [5.41, 5.74) is 8.10. The summed E-state index contributed by atoms with van der Waals surface area (Å²) >= 11 is 0. The number of sulfonamides is 1. The molecule has 0 aliphatic carbocycles. The van der Waals surface area contributed by atoms with Gasteiger partial charge in [0.2, 0.25) is 5.88 Å². The summed E-state index contributed by atoms with van der Waals surface area (Å²) in [6, 6.07) is 17.9. The van der Waals surface area contributed by atoms with Gasteiger partial charge in [-0.15, -0.1) is 0 Å². The first-order valence-electron chi connectivity index (χ1n) is 10.00. The Morgan fingerprint density at radius 1 is 1.12 bits per heavy atom. The van der Waals surface area contributed by atoms with Crippen LogP contribution in [-0.2, 0) is 21.3 Å². The van der Waals surface area contributed by atoms with Crippen LogP contribution in [0.4, 0.5) is 10.1 Å². The zero-order chi connectivity index (χ0) is 23.2. The molecule has 7 nitrogen and oxygen atoms in total. The van der Waals surface area contributed by atoms with Crippen molar-refractivity contribution in [3.63, 3.8) is 0 Å². The van der Waals surface area contributed by atoms with Gasteiger partial charge in [-0.25, -0.2) is 12.8 Å². The lowest BCUT2D eigenvalue weighted by molar-refractivity contribution is 0.357. The van der Waals surface area contributed by atoms with Gasteiger partial charge in [-0.05, 0) is 41.5 Å². The molecule has 2 N–H and O–H groups in total. The van der Waals surface area contributed by atoms with Crippen LogP contribution in [0.5, 0.6) is 0 Å². The largest absolute Gasteiger partial charge is 0.439 e. The molecule has 0 fully saturated rings. The molecule has 164 valence electrons. The standard InChI is InChI=1S/C24H17FN4O3S/c25-17-9-7-15(8-10-17)14-29-20-6-2-1-5-18(20)22-23(33(29,30)31)21(16-4-3-11-28-13-16)19(12-26)24(27)32-22/h1-11,13,21H,14,27H2/t21-/m1/s1. The van der Waals surface area contributed by atoms with Gasteiger partial charge in [-0.3, -0.25) is 9.29 Å². The summed E-state index contributed by atoms with van der Waals surface area (Å²) in [4.78, 5) is 4.02. The average molecular weight is 460 g/mol. The minimum absolute atomic E-state index is 0.00793. The maximum absolute atomic E-state index is 14.1. The second kappa shape index (κ2) is 7.76. The molecular formula is C24H17FN4O3S. The maximum Gasteiger partial charge on any atom is 0.265 e. The number of nitriles is 1. The van der Waals surface area contributed by atoms with Crippen molar-refractivity contribution >= 4 is 21.5 Å². The first-order valence-corrected chi connectivity index (χ1v) is 11.4. The molecule has 1 atom stereocenters. The number of ether oxygens (including phenoxy) is 1. The van der Waals surface area contributed by atoms with Crippen LogP contribution in [0.25, 0.3) is 5.76 Å². The molecule has 2 aliphatic heterocycles. The zero-order valence-electron chi connectivity index (χ0n) is 17.1. The van der Waals surface area contributed by atoms with Crippen LogP contribution in [0.2, 0.25) is 0 Å². The summed E-state index contributed by atoms with van der Waals surface area (Å²) in [6.07, 6.45) is 3.06. The van der Waals surface area contributed by atoms with E-state index >= 15 is 0 Å². The molecule has 0 bridgehead atoms. The molecular weight excluding hydrogens is 443 g/mol. The van der Waals surface area contributed by atoms with Gasteiger partial charge in [0.25, 0.3) is 10.0 Å². The van der Waals surface area contributed by atoms with Gasteiger partial charge >= 0.3 is 0 Å². The molecule has 0 amide bonds. The summed E-state index contributed by atoms with van der Waals surface area (Å²) in [5.74, 6) is -1.46. The topological polar surface area (TPSA) is 109 Å². The van der Waals surface area contributed by atoms with Crippen molar-refractivity contribution in [3.8, 4) is 6.07 Å². The van der Waals surface area contributed by atoms with Gasteiger partial charge < -0.3 is 10.5 Å². The second-order valence-electron chi connectivity index (χ2n) is 7.56. The van der Waals surface area contributed by atoms with Crippen LogP contribution in [-0.4, -0.2) is 13.4 Å². The Labute approximate surface area is 189 Å². The number of para-hydroxylation sites is 1. The van der Waals surface area contributed by atoms with E-state index < -0.39 is 21.8 Å². The van der Waals surface area contributed by atoms with E-state index in [4.69, 9.17) is 10.5 Å². The summed E-state index contributed by atoms with van der Waals surface area (Å²) in [6.45, 7) is -0.0305. The SMILES string of the molecule is N#CC1=C(N)OC2=C([C@@H]1c1cccnc1)S(=O)(=O)N(Cc1ccc(F)cc1)c1ccccc12. The number of hydrogen-bond donors (Lipinski definition) is 1. The minimum atomic E-state index is -4.18. The fourth-order valence-corrected chi connectivity index (χ4v) is 6.03. The minimum Gasteiger partial charge on any atom is -0.439 e. The molecule has 5 rings (SSSR count). The van der Waals surface area contributed by atoms with Crippen LogP contribution in [0.1, 0.15) is 22.6 Å². The van der Waals surface area contributed by atoms with Crippen molar-refractivity contribution in [2.75, 3.05) is 4.31 Å². The van der Waals surface area contributed by atoms with Gasteiger partial charge in [-0.1, -0.05) is 30.3 Å². The molecule has 0 saturated carbocycles. The van der Waals surface area contributed by atoms with Crippen molar-refractivity contribution in [3.05, 3.63) is 112 Å². The number of halogens is 1. The fraction of sp³-hybridized carbons (Fsp3) is 0.0833. The summed E-state index contributed by atoms with van der Waals surface area (Å²) < 4.78 is 48.5. The number of nitrogens with zero attached hydrogens (tertiary/aromatic N) is 3. The summed E-state index contributed by atoms with van der Waals surface area (Å²) in [5, 5.41) is 9.82. The summed E-state index contributed by atoms with van der Waals surface area (Å²) in [7, 11) is -4.18. The zero-order valence-corrected chi connectivity index (χ0v) is 18.0. The Balaban J connectivity index is 1.75. The van der Waals surface area contributed by atoms with E-state index in [1.165, 1.54) is 34.8 Å². The van der Waals surface area contributed by atoms with Crippen LogP contribution in [0, 0.1) is 17.1 Å². The molecule has 2 aliphatic rings. The third-order valence-corrected chi connectivity index (χ3v) is 7.50. The van der Waals surface area contributed by atoms with Gasteiger partial charge in [-0.2, -0.15) is 5.26 Å². The molecule has 0 spiro atoms. The van der Waals surface area contributed by atoms with Crippen LogP contribution >= 0.6 is 0 Å². The Kier molecular flexibility index (Phi) is 4.87. The number of rotatable bonds is 3. The third-order valence-electron chi connectivity index (χ3n) is 5.62. The molecule has 3 heterocycles. The highest BCUT2D eigenvalue weighted by molar-refractivity contribution is 7.96. The number of pyridine rings is 1. The highest BCUT2D eigenvalue weighted by atomic mass is 32.2. The quantitative estimate of drug-likeness (QED) is 0.638. The van der Waals surface area contributed by atoms with Crippen molar-refractivity contribution in [1.29, 1.82) is 5.26 Å². The van der Waals surface area contributed by atoms with E-state index in [0.29, 0.717) is 22.4 Å².